The molecule has 162 valence electrons. The van der Waals surface area contributed by atoms with Crippen molar-refractivity contribution >= 4 is 28.4 Å². The number of aromatic amines is 1. The summed E-state index contributed by atoms with van der Waals surface area (Å²) >= 11 is 0. The summed E-state index contributed by atoms with van der Waals surface area (Å²) < 4.78 is 15.4. The molecule has 31 heavy (non-hydrogen) atoms. The first-order valence-electron chi connectivity index (χ1n) is 10.3. The monoisotopic (exact) mass is 423 g/mol. The summed E-state index contributed by atoms with van der Waals surface area (Å²) in [4.78, 5) is 24.8. The smallest absolute Gasteiger partial charge is 0.255 e. The largest absolute Gasteiger partial charge is 0.352 e. The lowest BCUT2D eigenvalue weighted by molar-refractivity contribution is 0.0922. The summed E-state index contributed by atoms with van der Waals surface area (Å²) in [6.07, 6.45) is 7.92. The number of anilines is 1. The molecule has 0 spiro atoms. The van der Waals surface area contributed by atoms with E-state index >= 15 is 0 Å². The molecular weight excluding hydrogens is 397 g/mol. The van der Waals surface area contributed by atoms with Crippen LogP contribution >= 0.6 is 0 Å². The Morgan fingerprint density at radius 1 is 1.35 bits per heavy atom. The predicted molar refractivity (Wildman–Crippen MR) is 119 cm³/mol. The van der Waals surface area contributed by atoms with Gasteiger partial charge in [0.15, 0.2) is 0 Å². The van der Waals surface area contributed by atoms with Crippen LogP contribution < -0.4 is 10.6 Å². The maximum absolute atomic E-state index is 13.8. The summed E-state index contributed by atoms with van der Waals surface area (Å²) in [5.74, 6) is 0.220. The molecule has 0 unspecified atom stereocenters. The van der Waals surface area contributed by atoms with E-state index in [1.807, 2.05) is 18.3 Å². The van der Waals surface area contributed by atoms with Gasteiger partial charge in [-0.15, -0.1) is 0 Å². The number of amides is 1. The number of halogens is 1. The number of nitrogens with one attached hydrogen (secondary N) is 3. The molecular formula is C22H26FN7O. The number of H-pyrrole nitrogens is 1. The van der Waals surface area contributed by atoms with E-state index in [-0.39, 0.29) is 18.5 Å². The quantitative estimate of drug-likeness (QED) is 0.418. The molecule has 1 amide bonds. The molecule has 4 rings (SSSR count). The van der Waals surface area contributed by atoms with Crippen molar-refractivity contribution < 1.29 is 9.18 Å². The van der Waals surface area contributed by atoms with Gasteiger partial charge in [0, 0.05) is 35.6 Å². The molecule has 0 aromatic carbocycles. The molecule has 4 aromatic heterocycles. The Bertz CT molecular complexity index is 1240. The molecule has 4 heterocycles. The Kier molecular flexibility index (Phi) is 5.34. The van der Waals surface area contributed by atoms with E-state index in [0.29, 0.717) is 17.0 Å². The van der Waals surface area contributed by atoms with Crippen molar-refractivity contribution in [2.24, 2.45) is 0 Å². The number of hydrogen-bond acceptors (Lipinski definition) is 5. The third-order valence-electron chi connectivity index (χ3n) is 5.17. The summed E-state index contributed by atoms with van der Waals surface area (Å²) in [5, 5.41) is 11.0. The van der Waals surface area contributed by atoms with Gasteiger partial charge in [-0.3, -0.25) is 4.79 Å². The van der Waals surface area contributed by atoms with E-state index in [4.69, 9.17) is 0 Å². The minimum Gasteiger partial charge on any atom is -0.352 e. The molecule has 0 aliphatic heterocycles. The minimum atomic E-state index is -1.49. The predicted octanol–water partition coefficient (Wildman–Crippen LogP) is 3.96. The molecule has 0 saturated heterocycles. The second-order valence-electron chi connectivity index (χ2n) is 8.32. The van der Waals surface area contributed by atoms with E-state index in [1.165, 1.54) is 20.0 Å². The second-order valence-corrected chi connectivity index (χ2v) is 8.32. The highest BCUT2D eigenvalue weighted by atomic mass is 19.1. The first kappa shape index (κ1) is 20.8. The number of rotatable bonds is 7. The fourth-order valence-corrected chi connectivity index (χ4v) is 3.25. The number of hydrogen-bond donors (Lipinski definition) is 3. The lowest BCUT2D eigenvalue weighted by Gasteiger charge is -2.14. The average molecular weight is 423 g/mol. The van der Waals surface area contributed by atoms with Gasteiger partial charge >= 0.3 is 0 Å². The molecule has 3 N–H and O–H groups in total. The van der Waals surface area contributed by atoms with Gasteiger partial charge in [0.25, 0.3) is 5.91 Å². The summed E-state index contributed by atoms with van der Waals surface area (Å²) in [5.41, 5.74) is 2.08. The van der Waals surface area contributed by atoms with Crippen molar-refractivity contribution in [2.45, 2.75) is 45.8 Å². The number of carbonyl (C=O) groups is 1. The van der Waals surface area contributed by atoms with Crippen LogP contribution in [0.25, 0.3) is 27.7 Å². The maximum atomic E-state index is 13.8. The van der Waals surface area contributed by atoms with Crippen molar-refractivity contribution in [3.8, 4) is 11.1 Å². The lowest BCUT2D eigenvalue weighted by atomic mass is 10.1. The van der Waals surface area contributed by atoms with Crippen LogP contribution in [-0.4, -0.2) is 48.7 Å². The number of carbonyl (C=O) groups excluding carboxylic acids is 1. The zero-order valence-corrected chi connectivity index (χ0v) is 18.0. The van der Waals surface area contributed by atoms with Crippen LogP contribution in [0.15, 0.2) is 36.9 Å². The summed E-state index contributed by atoms with van der Waals surface area (Å²) in [6, 6.07) is 4.08. The normalized spacial score (nSPS) is 12.9. The van der Waals surface area contributed by atoms with E-state index in [9.17, 15) is 9.18 Å². The van der Waals surface area contributed by atoms with Crippen molar-refractivity contribution in [3.05, 3.63) is 42.5 Å². The Morgan fingerprint density at radius 2 is 2.16 bits per heavy atom. The number of nitrogens with zero attached hydrogens (tertiary/aromatic N) is 4. The molecule has 0 fully saturated rings. The van der Waals surface area contributed by atoms with Gasteiger partial charge in [0.1, 0.15) is 11.3 Å². The van der Waals surface area contributed by atoms with Gasteiger partial charge in [-0.1, -0.05) is 6.92 Å². The highest BCUT2D eigenvalue weighted by Gasteiger charge is 2.20. The van der Waals surface area contributed by atoms with Crippen LogP contribution in [0.3, 0.4) is 0 Å². The summed E-state index contributed by atoms with van der Waals surface area (Å²) in [7, 11) is 0. The zero-order chi connectivity index (χ0) is 22.2. The van der Waals surface area contributed by atoms with E-state index < -0.39 is 5.67 Å². The van der Waals surface area contributed by atoms with Crippen molar-refractivity contribution in [1.82, 2.24) is 29.9 Å². The van der Waals surface area contributed by atoms with E-state index in [2.05, 4.69) is 44.5 Å². The standard InChI is InChI=1S/C22H26FN7O/c1-5-13(2)28-21-25-10-16-15(9-24-19(16)29-21)14-6-7-30-18(8-14)17(11-27-30)20(31)26-12-22(3,4)23/h6-11,13H,5,12H2,1-4H3,(H,26,31)(H2,24,25,28,29)/t13-/m0/s1. The van der Waals surface area contributed by atoms with Gasteiger partial charge in [-0.25, -0.2) is 13.9 Å². The van der Waals surface area contributed by atoms with Gasteiger partial charge in [-0.05, 0) is 44.9 Å². The van der Waals surface area contributed by atoms with Crippen LogP contribution in [-0.2, 0) is 0 Å². The number of fused-ring (bicyclic) bond motifs is 2. The third-order valence-corrected chi connectivity index (χ3v) is 5.17. The van der Waals surface area contributed by atoms with Crippen LogP contribution in [0.4, 0.5) is 10.3 Å². The third kappa shape index (κ3) is 4.35. The molecule has 1 atom stereocenters. The van der Waals surface area contributed by atoms with Crippen molar-refractivity contribution in [2.75, 3.05) is 11.9 Å². The molecule has 0 saturated carbocycles. The van der Waals surface area contributed by atoms with Crippen LogP contribution in [0.1, 0.15) is 44.5 Å². The highest BCUT2D eigenvalue weighted by Crippen LogP contribution is 2.29. The van der Waals surface area contributed by atoms with Gasteiger partial charge in [0.05, 0.1) is 23.8 Å². The SMILES string of the molecule is CC[C@H](C)Nc1ncc2c(-c3ccn4ncc(C(=O)NCC(C)(C)F)c4c3)c[nH]c2n1. The Hall–Kier alpha value is -3.49. The first-order valence-corrected chi connectivity index (χ1v) is 10.3. The fourth-order valence-electron chi connectivity index (χ4n) is 3.25. The molecule has 4 aromatic rings. The van der Waals surface area contributed by atoms with E-state index in [1.54, 1.807) is 16.9 Å². The molecule has 8 nitrogen and oxygen atoms in total. The first-order chi connectivity index (χ1) is 14.7. The molecule has 0 aliphatic carbocycles. The average Bonchev–Trinajstić information content (AvgIpc) is 3.34. The zero-order valence-electron chi connectivity index (χ0n) is 18.0. The van der Waals surface area contributed by atoms with Crippen molar-refractivity contribution in [1.29, 1.82) is 0 Å². The van der Waals surface area contributed by atoms with Crippen LogP contribution in [0.2, 0.25) is 0 Å². The van der Waals surface area contributed by atoms with Gasteiger partial charge in [-0.2, -0.15) is 10.1 Å². The maximum Gasteiger partial charge on any atom is 0.255 e. The second kappa shape index (κ2) is 7.98. The lowest BCUT2D eigenvalue weighted by Crippen LogP contribution is -2.35. The molecule has 0 bridgehead atoms. The van der Waals surface area contributed by atoms with Crippen molar-refractivity contribution in [3.63, 3.8) is 0 Å². The topological polar surface area (TPSA) is 100 Å². The molecule has 0 radical (unpaired) electrons. The molecule has 0 aliphatic rings. The molecule has 9 heteroatoms. The fraction of sp³-hybridized carbons (Fsp3) is 0.364. The minimum absolute atomic E-state index is 0.0737. The Morgan fingerprint density at radius 3 is 2.90 bits per heavy atom. The van der Waals surface area contributed by atoms with Gasteiger partial charge < -0.3 is 15.6 Å². The highest BCUT2D eigenvalue weighted by molar-refractivity contribution is 6.02. The number of alkyl halides is 1. The Balaban J connectivity index is 1.67. The number of pyridine rings is 1. The summed E-state index contributed by atoms with van der Waals surface area (Å²) in [6.45, 7) is 6.95. The Labute approximate surface area is 179 Å². The number of aromatic nitrogens is 5. The van der Waals surface area contributed by atoms with Crippen LogP contribution in [0.5, 0.6) is 0 Å². The van der Waals surface area contributed by atoms with E-state index in [0.717, 1.165) is 28.6 Å². The van der Waals surface area contributed by atoms with Gasteiger partial charge in [0.2, 0.25) is 5.95 Å². The van der Waals surface area contributed by atoms with Crippen LogP contribution in [0, 0.1) is 0 Å².